The average Bonchev–Trinajstić information content (AvgIpc) is 2.95. The second kappa shape index (κ2) is 7.28. The number of aryl methyl sites for hydroxylation is 2. The van der Waals surface area contributed by atoms with E-state index in [0.717, 1.165) is 5.56 Å². The summed E-state index contributed by atoms with van der Waals surface area (Å²) in [6.07, 6.45) is -2.85. The smallest absolute Gasteiger partial charge is 0.367 e. The third-order valence-corrected chi connectivity index (χ3v) is 3.97. The van der Waals surface area contributed by atoms with Crippen LogP contribution < -0.4 is 10.6 Å². The van der Waals surface area contributed by atoms with Crippen molar-refractivity contribution in [2.75, 3.05) is 11.9 Å². The van der Waals surface area contributed by atoms with Gasteiger partial charge in [0.05, 0.1) is 11.6 Å². The van der Waals surface area contributed by atoms with Crippen LogP contribution in [-0.4, -0.2) is 38.5 Å². The Kier molecular flexibility index (Phi) is 5.08. The van der Waals surface area contributed by atoms with Gasteiger partial charge in [0.15, 0.2) is 5.65 Å². The Hall–Kier alpha value is -2.68. The summed E-state index contributed by atoms with van der Waals surface area (Å²) >= 11 is 0. The van der Waals surface area contributed by atoms with Gasteiger partial charge in [0, 0.05) is 20.1 Å². The summed E-state index contributed by atoms with van der Waals surface area (Å²) in [6, 6.07) is 7.25. The lowest BCUT2D eigenvalue weighted by molar-refractivity contribution is -0.152. The minimum atomic E-state index is -4.39. The Balaban J connectivity index is 1.74. The fraction of sp³-hybridized carbons (Fsp3) is 0.353. The zero-order valence-electron chi connectivity index (χ0n) is 14.4. The molecule has 3 rings (SSSR count). The zero-order chi connectivity index (χ0) is 18.7. The van der Waals surface area contributed by atoms with Gasteiger partial charge in [-0.2, -0.15) is 18.3 Å². The molecule has 0 bridgehead atoms. The lowest BCUT2D eigenvalue weighted by Gasteiger charge is -2.22. The van der Waals surface area contributed by atoms with E-state index in [9.17, 15) is 13.2 Å². The minimum Gasteiger partial charge on any atom is -0.367 e. The fourth-order valence-electron chi connectivity index (χ4n) is 2.61. The molecule has 2 N–H and O–H groups in total. The molecule has 9 heteroatoms. The predicted molar refractivity (Wildman–Crippen MR) is 92.7 cm³/mol. The summed E-state index contributed by atoms with van der Waals surface area (Å²) in [5.74, 6) is 0.806. The van der Waals surface area contributed by atoms with Gasteiger partial charge in [-0.25, -0.2) is 9.97 Å². The van der Waals surface area contributed by atoms with Crippen molar-refractivity contribution in [2.24, 2.45) is 7.05 Å². The first-order valence-electron chi connectivity index (χ1n) is 8.09. The molecular weight excluding hydrogens is 345 g/mol. The Morgan fingerprint density at radius 2 is 1.88 bits per heavy atom. The Bertz CT molecular complexity index is 875. The largest absolute Gasteiger partial charge is 0.405 e. The minimum absolute atomic E-state index is 0.123. The summed E-state index contributed by atoms with van der Waals surface area (Å²) in [5.41, 5.74) is 1.36. The molecule has 1 aromatic carbocycles. The van der Waals surface area contributed by atoms with Gasteiger partial charge in [-0.3, -0.25) is 4.68 Å². The molecule has 26 heavy (non-hydrogen) atoms. The van der Waals surface area contributed by atoms with Crippen LogP contribution in [-0.2, 0) is 13.6 Å². The van der Waals surface area contributed by atoms with Crippen molar-refractivity contribution >= 4 is 16.9 Å². The number of rotatable bonds is 6. The molecule has 0 aliphatic carbocycles. The van der Waals surface area contributed by atoms with Crippen LogP contribution in [0.2, 0.25) is 0 Å². The van der Waals surface area contributed by atoms with Gasteiger partial charge in [0.2, 0.25) is 0 Å². The lowest BCUT2D eigenvalue weighted by Crippen LogP contribution is -2.46. The van der Waals surface area contributed by atoms with Crippen LogP contribution in [0.4, 0.5) is 19.0 Å². The van der Waals surface area contributed by atoms with Gasteiger partial charge in [0.1, 0.15) is 17.7 Å². The number of alkyl halides is 3. The molecule has 0 saturated heterocycles. The summed E-state index contributed by atoms with van der Waals surface area (Å²) in [7, 11) is 1.72. The third-order valence-electron chi connectivity index (χ3n) is 3.97. The van der Waals surface area contributed by atoms with Gasteiger partial charge in [-0.05, 0) is 12.5 Å². The van der Waals surface area contributed by atoms with Crippen molar-refractivity contribution in [1.82, 2.24) is 25.1 Å². The van der Waals surface area contributed by atoms with Crippen molar-refractivity contribution in [2.45, 2.75) is 25.7 Å². The van der Waals surface area contributed by atoms with Gasteiger partial charge >= 0.3 is 6.18 Å². The molecule has 3 aromatic rings. The Morgan fingerprint density at radius 1 is 1.15 bits per heavy atom. The van der Waals surface area contributed by atoms with E-state index in [4.69, 9.17) is 0 Å². The van der Waals surface area contributed by atoms with Crippen molar-refractivity contribution < 1.29 is 13.2 Å². The highest BCUT2D eigenvalue weighted by Gasteiger charge is 2.39. The van der Waals surface area contributed by atoms with E-state index in [0.29, 0.717) is 22.7 Å². The topological polar surface area (TPSA) is 67.7 Å². The fourth-order valence-corrected chi connectivity index (χ4v) is 2.61. The van der Waals surface area contributed by atoms with Crippen LogP contribution in [0.15, 0.2) is 36.5 Å². The Morgan fingerprint density at radius 3 is 2.58 bits per heavy atom. The number of hydrogen-bond acceptors (Lipinski definition) is 5. The van der Waals surface area contributed by atoms with Crippen molar-refractivity contribution in [3.63, 3.8) is 0 Å². The van der Waals surface area contributed by atoms with E-state index in [1.54, 1.807) is 42.9 Å². The molecule has 0 spiro atoms. The number of fused-ring (bicyclic) bond motifs is 1. The quantitative estimate of drug-likeness (QED) is 0.704. The first kappa shape index (κ1) is 18.1. The van der Waals surface area contributed by atoms with E-state index in [1.807, 2.05) is 6.07 Å². The normalized spacial score (nSPS) is 13.1. The highest BCUT2D eigenvalue weighted by molar-refractivity contribution is 5.86. The highest BCUT2D eigenvalue weighted by atomic mass is 19.4. The summed E-state index contributed by atoms with van der Waals surface area (Å²) in [4.78, 5) is 8.48. The molecule has 0 amide bonds. The number of halogens is 3. The lowest BCUT2D eigenvalue weighted by atomic mass is 10.2. The molecular formula is C17H19F3N6. The van der Waals surface area contributed by atoms with Crippen LogP contribution in [0.1, 0.15) is 11.4 Å². The molecule has 0 fully saturated rings. The summed E-state index contributed by atoms with van der Waals surface area (Å²) < 4.78 is 41.7. The maximum absolute atomic E-state index is 13.4. The molecule has 0 unspecified atom stereocenters. The van der Waals surface area contributed by atoms with Crippen LogP contribution in [0, 0.1) is 6.92 Å². The molecule has 1 atom stereocenters. The molecule has 0 radical (unpaired) electrons. The van der Waals surface area contributed by atoms with Gasteiger partial charge in [-0.15, -0.1) is 0 Å². The number of benzene rings is 1. The summed E-state index contributed by atoms with van der Waals surface area (Å²) in [6.45, 7) is 1.46. The van der Waals surface area contributed by atoms with Gasteiger partial charge in [0.25, 0.3) is 0 Å². The van der Waals surface area contributed by atoms with Crippen LogP contribution in [0.25, 0.3) is 11.0 Å². The first-order valence-corrected chi connectivity index (χ1v) is 8.09. The zero-order valence-corrected chi connectivity index (χ0v) is 14.4. The predicted octanol–water partition coefficient (Wildman–Crippen LogP) is 2.80. The van der Waals surface area contributed by atoms with E-state index in [2.05, 4.69) is 25.7 Å². The third kappa shape index (κ3) is 4.10. The molecule has 2 aromatic heterocycles. The van der Waals surface area contributed by atoms with E-state index >= 15 is 0 Å². The average molecular weight is 364 g/mol. The Labute approximate surface area is 148 Å². The number of anilines is 1. The molecule has 2 heterocycles. The molecule has 0 aliphatic heterocycles. The second-order valence-electron chi connectivity index (χ2n) is 5.97. The molecule has 0 aliphatic rings. The van der Waals surface area contributed by atoms with Crippen molar-refractivity contribution in [3.05, 3.63) is 47.9 Å². The number of hydrogen-bond donors (Lipinski definition) is 2. The molecule has 138 valence electrons. The first-order chi connectivity index (χ1) is 12.3. The maximum Gasteiger partial charge on any atom is 0.405 e. The van der Waals surface area contributed by atoms with Gasteiger partial charge in [-0.1, -0.05) is 30.3 Å². The van der Waals surface area contributed by atoms with Crippen LogP contribution in [0.3, 0.4) is 0 Å². The van der Waals surface area contributed by atoms with E-state index in [-0.39, 0.29) is 13.1 Å². The standard InChI is InChI=1S/C17H19F3N6/c1-11-24-15(13-9-23-26(2)16(13)25-11)22-10-14(17(18,19)20)21-8-12-6-4-3-5-7-12/h3-7,9,14,21H,8,10H2,1-2H3,(H,22,24,25)/t14-/m0/s1. The number of nitrogens with zero attached hydrogens (tertiary/aromatic N) is 4. The van der Waals surface area contributed by atoms with Crippen molar-refractivity contribution in [1.29, 1.82) is 0 Å². The van der Waals surface area contributed by atoms with Crippen molar-refractivity contribution in [3.8, 4) is 0 Å². The SMILES string of the molecule is Cc1nc(NC[C@H](NCc2ccccc2)C(F)(F)F)c2cnn(C)c2n1. The molecule has 0 saturated carbocycles. The van der Waals surface area contributed by atoms with E-state index in [1.165, 1.54) is 6.20 Å². The monoisotopic (exact) mass is 364 g/mol. The molecule has 6 nitrogen and oxygen atoms in total. The van der Waals surface area contributed by atoms with Crippen LogP contribution >= 0.6 is 0 Å². The van der Waals surface area contributed by atoms with Gasteiger partial charge < -0.3 is 10.6 Å². The highest BCUT2D eigenvalue weighted by Crippen LogP contribution is 2.23. The maximum atomic E-state index is 13.4. The second-order valence-corrected chi connectivity index (χ2v) is 5.97. The number of nitrogens with one attached hydrogen (secondary N) is 2. The number of aromatic nitrogens is 4. The van der Waals surface area contributed by atoms with Crippen LogP contribution in [0.5, 0.6) is 0 Å². The van der Waals surface area contributed by atoms with E-state index < -0.39 is 12.2 Å². The summed E-state index contributed by atoms with van der Waals surface area (Å²) in [5, 5.41) is 10.0.